The van der Waals surface area contributed by atoms with Gasteiger partial charge in [0.2, 0.25) is 0 Å². The van der Waals surface area contributed by atoms with Gasteiger partial charge in [0.25, 0.3) is 15.6 Å². The highest BCUT2D eigenvalue weighted by Crippen LogP contribution is 2.26. The maximum absolute atomic E-state index is 13.0. The van der Waals surface area contributed by atoms with Gasteiger partial charge in [-0.05, 0) is 66.9 Å². The number of anilines is 1. The number of aromatic nitrogens is 2. The third-order valence-electron chi connectivity index (χ3n) is 5.73. The molecular weight excluding hydrogens is 496 g/mol. The zero-order valence-corrected chi connectivity index (χ0v) is 20.7. The molecule has 9 heteroatoms. The Labute approximate surface area is 212 Å². The number of fused-ring (bicyclic) bond motifs is 1. The van der Waals surface area contributed by atoms with Crippen molar-refractivity contribution in [2.75, 3.05) is 4.72 Å². The molecule has 0 spiro atoms. The first kappa shape index (κ1) is 23.6. The normalized spacial score (nSPS) is 11.8. The Morgan fingerprint density at radius 1 is 0.917 bits per heavy atom. The summed E-state index contributed by atoms with van der Waals surface area (Å²) in [6.07, 6.45) is 1.47. The predicted molar refractivity (Wildman–Crippen MR) is 145 cm³/mol. The van der Waals surface area contributed by atoms with Crippen LogP contribution in [0.4, 0.5) is 11.4 Å². The summed E-state index contributed by atoms with van der Waals surface area (Å²) in [4.78, 5) is 17.3. The number of rotatable bonds is 6. The van der Waals surface area contributed by atoms with Crippen LogP contribution in [0.5, 0.6) is 0 Å². The van der Waals surface area contributed by atoms with Crippen molar-refractivity contribution >= 4 is 50.0 Å². The van der Waals surface area contributed by atoms with Gasteiger partial charge in [-0.3, -0.25) is 19.6 Å². The highest BCUT2D eigenvalue weighted by atomic mass is 35.5. The first-order valence-electron chi connectivity index (χ1n) is 11.0. The summed E-state index contributed by atoms with van der Waals surface area (Å²) >= 11 is 5.94. The maximum atomic E-state index is 13.0. The molecule has 0 saturated heterocycles. The van der Waals surface area contributed by atoms with E-state index in [1.807, 2.05) is 36.4 Å². The average molecular weight is 517 g/mol. The van der Waals surface area contributed by atoms with Crippen LogP contribution in [0.2, 0.25) is 5.02 Å². The fraction of sp³-hybridized carbons (Fsp3) is 0.0370. The Hall–Kier alpha value is -4.14. The van der Waals surface area contributed by atoms with Gasteiger partial charge in [-0.1, -0.05) is 48.0 Å². The molecule has 1 heterocycles. The molecule has 4 aromatic carbocycles. The summed E-state index contributed by atoms with van der Waals surface area (Å²) < 4.78 is 30.0. The summed E-state index contributed by atoms with van der Waals surface area (Å²) in [5.41, 5.74) is 2.47. The molecule has 5 rings (SSSR count). The van der Waals surface area contributed by atoms with Gasteiger partial charge in [-0.2, -0.15) is 0 Å². The number of nitrogens with one attached hydrogen (secondary N) is 2. The summed E-state index contributed by atoms with van der Waals surface area (Å²) in [7, 11) is -3.80. The molecule has 0 aliphatic carbocycles. The lowest BCUT2D eigenvalue weighted by molar-refractivity contribution is 0.601. The number of hydrogen-bond donors (Lipinski definition) is 2. The van der Waals surface area contributed by atoms with Crippen LogP contribution < -0.4 is 10.3 Å². The van der Waals surface area contributed by atoms with E-state index >= 15 is 0 Å². The molecule has 0 saturated carbocycles. The number of aliphatic imine (C=N–C) groups is 1. The molecule has 0 atom stereocenters. The molecule has 180 valence electrons. The first-order valence-corrected chi connectivity index (χ1v) is 12.9. The van der Waals surface area contributed by atoms with Crippen LogP contribution in [0.15, 0.2) is 106 Å². The van der Waals surface area contributed by atoms with Gasteiger partial charge in [-0.15, -0.1) is 0 Å². The van der Waals surface area contributed by atoms with Crippen LogP contribution in [0, 0.1) is 6.92 Å². The second-order valence-electron chi connectivity index (χ2n) is 8.15. The van der Waals surface area contributed by atoms with Gasteiger partial charge in [0.05, 0.1) is 27.5 Å². The second kappa shape index (κ2) is 9.49. The van der Waals surface area contributed by atoms with Crippen molar-refractivity contribution in [3.05, 3.63) is 118 Å². The van der Waals surface area contributed by atoms with Crippen molar-refractivity contribution in [3.63, 3.8) is 0 Å². The first-order chi connectivity index (χ1) is 17.3. The number of nitrogens with zero attached hydrogens (tertiary/aromatic N) is 2. The van der Waals surface area contributed by atoms with E-state index in [4.69, 9.17) is 11.6 Å². The fourth-order valence-corrected chi connectivity index (χ4v) is 5.06. The molecule has 5 aromatic rings. The fourth-order valence-electron chi connectivity index (χ4n) is 3.85. The lowest BCUT2D eigenvalue weighted by Crippen LogP contribution is -2.17. The Kier molecular flexibility index (Phi) is 6.22. The predicted octanol–water partition coefficient (Wildman–Crippen LogP) is 5.83. The highest BCUT2D eigenvalue weighted by Gasteiger charge is 2.16. The highest BCUT2D eigenvalue weighted by molar-refractivity contribution is 7.92. The minimum atomic E-state index is -3.80. The molecule has 0 radical (unpaired) electrons. The van der Waals surface area contributed by atoms with E-state index in [-0.39, 0.29) is 10.5 Å². The Morgan fingerprint density at radius 2 is 1.61 bits per heavy atom. The van der Waals surface area contributed by atoms with Gasteiger partial charge in [0.1, 0.15) is 0 Å². The van der Waals surface area contributed by atoms with Crippen LogP contribution in [0.1, 0.15) is 11.3 Å². The smallest absolute Gasteiger partial charge is 0.280 e. The van der Waals surface area contributed by atoms with Gasteiger partial charge < -0.3 is 0 Å². The number of benzene rings is 4. The van der Waals surface area contributed by atoms with E-state index in [0.717, 1.165) is 10.8 Å². The standard InChI is InChI=1S/C27H21ClN4O3S/c1-18-25(27(33)32(30-18)22-13-9-20(28)10-14-22)17-29-21-11-15-23(16-12-21)36(34,35)31-26-8-4-6-19-5-2-3-7-24(19)26/h2-17,30-31H,1H3. The van der Waals surface area contributed by atoms with Crippen molar-refractivity contribution in [3.8, 4) is 5.69 Å². The molecule has 0 aliphatic heterocycles. The number of halogens is 1. The number of aromatic amines is 1. The van der Waals surface area contributed by atoms with E-state index < -0.39 is 10.0 Å². The van der Waals surface area contributed by atoms with Gasteiger partial charge in [0, 0.05) is 22.3 Å². The molecule has 0 fully saturated rings. The molecule has 2 N–H and O–H groups in total. The zero-order valence-electron chi connectivity index (χ0n) is 19.1. The van der Waals surface area contributed by atoms with Crippen molar-refractivity contribution in [1.29, 1.82) is 0 Å². The molecule has 0 unspecified atom stereocenters. The number of hydrogen-bond acceptors (Lipinski definition) is 4. The quantitative estimate of drug-likeness (QED) is 0.278. The Balaban J connectivity index is 1.37. The van der Waals surface area contributed by atoms with E-state index in [9.17, 15) is 13.2 Å². The van der Waals surface area contributed by atoms with Gasteiger partial charge in [-0.25, -0.2) is 13.1 Å². The number of aryl methyl sites for hydroxylation is 1. The van der Waals surface area contributed by atoms with Crippen LogP contribution in [0.3, 0.4) is 0 Å². The van der Waals surface area contributed by atoms with Crippen LogP contribution in [-0.4, -0.2) is 24.4 Å². The minimum Gasteiger partial charge on any atom is -0.295 e. The van der Waals surface area contributed by atoms with E-state index in [2.05, 4.69) is 14.8 Å². The number of sulfonamides is 1. The number of H-pyrrole nitrogens is 1. The minimum absolute atomic E-state index is 0.109. The van der Waals surface area contributed by atoms with Crippen LogP contribution in [-0.2, 0) is 10.0 Å². The monoisotopic (exact) mass is 516 g/mol. The lowest BCUT2D eigenvalue weighted by atomic mass is 10.1. The van der Waals surface area contributed by atoms with E-state index in [1.54, 1.807) is 49.4 Å². The second-order valence-corrected chi connectivity index (χ2v) is 10.3. The topological polar surface area (TPSA) is 96.3 Å². The summed E-state index contributed by atoms with van der Waals surface area (Å²) in [6, 6.07) is 26.1. The van der Waals surface area contributed by atoms with Crippen molar-refractivity contribution in [1.82, 2.24) is 9.78 Å². The third kappa shape index (κ3) is 4.68. The van der Waals surface area contributed by atoms with E-state index in [1.165, 1.54) is 23.0 Å². The lowest BCUT2D eigenvalue weighted by Gasteiger charge is -2.11. The molecular formula is C27H21ClN4O3S. The van der Waals surface area contributed by atoms with E-state index in [0.29, 0.717) is 33.3 Å². The van der Waals surface area contributed by atoms with Gasteiger partial charge in [0.15, 0.2) is 0 Å². The molecule has 0 amide bonds. The molecule has 1 aromatic heterocycles. The molecule has 36 heavy (non-hydrogen) atoms. The third-order valence-corrected chi connectivity index (χ3v) is 7.36. The molecule has 0 bridgehead atoms. The van der Waals surface area contributed by atoms with Crippen molar-refractivity contribution in [2.45, 2.75) is 11.8 Å². The summed E-state index contributed by atoms with van der Waals surface area (Å²) in [5.74, 6) is 0. The summed E-state index contributed by atoms with van der Waals surface area (Å²) in [5, 5.41) is 5.37. The van der Waals surface area contributed by atoms with Crippen LogP contribution >= 0.6 is 11.6 Å². The maximum Gasteiger partial charge on any atom is 0.280 e. The summed E-state index contributed by atoms with van der Waals surface area (Å²) in [6.45, 7) is 1.78. The SMILES string of the molecule is Cc1[nH]n(-c2ccc(Cl)cc2)c(=O)c1C=Nc1ccc(S(=O)(=O)Nc2cccc3ccccc23)cc1. The van der Waals surface area contributed by atoms with Crippen LogP contribution in [0.25, 0.3) is 16.5 Å². The van der Waals surface area contributed by atoms with Crippen molar-refractivity contribution in [2.24, 2.45) is 4.99 Å². The Bertz CT molecular complexity index is 1750. The average Bonchev–Trinajstić information content (AvgIpc) is 3.16. The Morgan fingerprint density at radius 3 is 2.36 bits per heavy atom. The molecule has 0 aliphatic rings. The van der Waals surface area contributed by atoms with Gasteiger partial charge >= 0.3 is 0 Å². The zero-order chi connectivity index (χ0) is 25.3. The largest absolute Gasteiger partial charge is 0.295 e. The van der Waals surface area contributed by atoms with Crippen molar-refractivity contribution < 1.29 is 8.42 Å². The molecule has 7 nitrogen and oxygen atoms in total.